The Morgan fingerprint density at radius 1 is 1.00 bits per heavy atom. The number of nitrogens with one attached hydrogen (secondary N) is 1. The van der Waals surface area contributed by atoms with Crippen LogP contribution < -0.4 is 5.32 Å². The average Bonchev–Trinajstić information content (AvgIpc) is 2.53. The maximum absolute atomic E-state index is 12.4. The zero-order valence-electron chi connectivity index (χ0n) is 15.1. The van der Waals surface area contributed by atoms with Crippen LogP contribution in [-0.2, 0) is 25.5 Å². The van der Waals surface area contributed by atoms with Crippen LogP contribution in [0.4, 0.5) is 0 Å². The number of rotatable bonds is 11. The molecule has 0 saturated heterocycles. The van der Waals surface area contributed by atoms with Crippen LogP contribution in [0, 0.1) is 5.92 Å². The van der Waals surface area contributed by atoms with Gasteiger partial charge in [0.25, 0.3) is 0 Å². The van der Waals surface area contributed by atoms with Gasteiger partial charge in [0.2, 0.25) is 5.91 Å². The van der Waals surface area contributed by atoms with E-state index in [1.165, 1.54) is 0 Å². The molecule has 0 aliphatic heterocycles. The van der Waals surface area contributed by atoms with Gasteiger partial charge in [-0.05, 0) is 39.7 Å². The van der Waals surface area contributed by atoms with Gasteiger partial charge in [-0.25, -0.2) is 0 Å². The van der Waals surface area contributed by atoms with Crippen molar-refractivity contribution in [2.75, 3.05) is 13.3 Å². The molecule has 0 saturated carbocycles. The van der Waals surface area contributed by atoms with Crippen molar-refractivity contribution < 1.29 is 19.1 Å². The molecular formula is C19H29NO4. The molecule has 0 aliphatic rings. The Morgan fingerprint density at radius 2 is 1.62 bits per heavy atom. The Kier molecular flexibility index (Phi) is 9.27. The van der Waals surface area contributed by atoms with E-state index in [0.717, 1.165) is 5.56 Å². The molecular weight excluding hydrogens is 306 g/mol. The molecule has 0 aliphatic carbocycles. The van der Waals surface area contributed by atoms with Gasteiger partial charge in [-0.2, -0.15) is 0 Å². The highest BCUT2D eigenvalue weighted by Gasteiger charge is 2.22. The summed E-state index contributed by atoms with van der Waals surface area (Å²) < 4.78 is 10.7. The maximum Gasteiger partial charge on any atom is 0.225 e. The number of hydrogen-bond donors (Lipinski definition) is 1. The minimum Gasteiger partial charge on any atom is -0.371 e. The SMILES string of the molecule is CC(C)OCNC(=O)[C@@H](CC(=O)COC(C)C)Cc1ccccc1. The van der Waals surface area contributed by atoms with E-state index in [4.69, 9.17) is 9.47 Å². The lowest BCUT2D eigenvalue weighted by molar-refractivity contribution is -0.133. The number of hydrogen-bond acceptors (Lipinski definition) is 4. The molecule has 1 amide bonds. The van der Waals surface area contributed by atoms with Crippen molar-refractivity contribution in [2.45, 2.75) is 52.7 Å². The van der Waals surface area contributed by atoms with Gasteiger partial charge >= 0.3 is 0 Å². The maximum atomic E-state index is 12.4. The summed E-state index contributed by atoms with van der Waals surface area (Å²) in [4.78, 5) is 24.5. The second-order valence-corrected chi connectivity index (χ2v) is 6.39. The Balaban J connectivity index is 2.64. The Morgan fingerprint density at radius 3 is 2.21 bits per heavy atom. The smallest absolute Gasteiger partial charge is 0.225 e. The van der Waals surface area contributed by atoms with E-state index in [0.29, 0.717) is 6.42 Å². The summed E-state index contributed by atoms with van der Waals surface area (Å²) in [5.74, 6) is -0.659. The Hall–Kier alpha value is -1.72. The summed E-state index contributed by atoms with van der Waals surface area (Å²) in [7, 11) is 0. The summed E-state index contributed by atoms with van der Waals surface area (Å²) in [6, 6.07) is 9.70. The first-order chi connectivity index (χ1) is 11.4. The normalized spacial score (nSPS) is 12.4. The summed E-state index contributed by atoms with van der Waals surface area (Å²) in [5, 5.41) is 2.75. The number of benzene rings is 1. The molecule has 0 fully saturated rings. The van der Waals surface area contributed by atoms with E-state index in [-0.39, 0.29) is 43.7 Å². The van der Waals surface area contributed by atoms with Crippen molar-refractivity contribution >= 4 is 11.7 Å². The fourth-order valence-electron chi connectivity index (χ4n) is 2.17. The first kappa shape index (κ1) is 20.3. The van der Waals surface area contributed by atoms with Crippen LogP contribution in [0.1, 0.15) is 39.7 Å². The second-order valence-electron chi connectivity index (χ2n) is 6.39. The predicted octanol–water partition coefficient (Wildman–Crippen LogP) is 2.73. The van der Waals surface area contributed by atoms with Crippen molar-refractivity contribution in [1.82, 2.24) is 5.32 Å². The second kappa shape index (κ2) is 10.9. The van der Waals surface area contributed by atoms with Crippen molar-refractivity contribution in [3.8, 4) is 0 Å². The fourth-order valence-corrected chi connectivity index (χ4v) is 2.17. The predicted molar refractivity (Wildman–Crippen MR) is 93.6 cm³/mol. The van der Waals surface area contributed by atoms with Gasteiger partial charge in [-0.1, -0.05) is 30.3 Å². The highest BCUT2D eigenvalue weighted by Crippen LogP contribution is 2.14. The van der Waals surface area contributed by atoms with Crippen molar-refractivity contribution in [2.24, 2.45) is 5.92 Å². The Bertz CT molecular complexity index is 499. The summed E-state index contributed by atoms with van der Waals surface area (Å²) in [5.41, 5.74) is 1.03. The molecule has 5 nitrogen and oxygen atoms in total. The zero-order valence-corrected chi connectivity index (χ0v) is 15.1. The number of carbonyl (C=O) groups excluding carboxylic acids is 2. The third-order valence-electron chi connectivity index (χ3n) is 3.41. The monoisotopic (exact) mass is 335 g/mol. The third-order valence-corrected chi connectivity index (χ3v) is 3.41. The molecule has 5 heteroatoms. The first-order valence-electron chi connectivity index (χ1n) is 8.45. The summed E-state index contributed by atoms with van der Waals surface area (Å²) in [6.07, 6.45) is 0.713. The molecule has 134 valence electrons. The largest absolute Gasteiger partial charge is 0.371 e. The van der Waals surface area contributed by atoms with E-state index >= 15 is 0 Å². The number of ketones is 1. The van der Waals surface area contributed by atoms with Gasteiger partial charge in [-0.3, -0.25) is 9.59 Å². The lowest BCUT2D eigenvalue weighted by Gasteiger charge is -2.17. The number of ether oxygens (including phenoxy) is 2. The Labute approximate surface area is 144 Å². The van der Waals surface area contributed by atoms with Gasteiger partial charge in [0, 0.05) is 12.3 Å². The van der Waals surface area contributed by atoms with Crippen molar-refractivity contribution in [3.05, 3.63) is 35.9 Å². The molecule has 24 heavy (non-hydrogen) atoms. The molecule has 0 bridgehead atoms. The van der Waals surface area contributed by atoms with E-state index in [2.05, 4.69) is 5.32 Å². The average molecular weight is 335 g/mol. The molecule has 1 rings (SSSR count). The summed E-state index contributed by atoms with van der Waals surface area (Å²) in [6.45, 7) is 7.76. The van der Waals surface area contributed by atoms with Crippen molar-refractivity contribution in [1.29, 1.82) is 0 Å². The van der Waals surface area contributed by atoms with Crippen LogP contribution >= 0.6 is 0 Å². The minimum atomic E-state index is -0.425. The molecule has 1 N–H and O–H groups in total. The topological polar surface area (TPSA) is 64.6 Å². The fraction of sp³-hybridized carbons (Fsp3) is 0.579. The molecule has 0 unspecified atom stereocenters. The molecule has 1 atom stereocenters. The van der Waals surface area contributed by atoms with Gasteiger partial charge in [-0.15, -0.1) is 0 Å². The zero-order chi connectivity index (χ0) is 17.9. The van der Waals surface area contributed by atoms with Crippen molar-refractivity contribution in [3.63, 3.8) is 0 Å². The number of Topliss-reactive ketones (excluding diaryl/α,β-unsaturated/α-hetero) is 1. The summed E-state index contributed by atoms with van der Waals surface area (Å²) >= 11 is 0. The van der Waals surface area contributed by atoms with Crippen LogP contribution in [0.5, 0.6) is 0 Å². The van der Waals surface area contributed by atoms with Gasteiger partial charge in [0.15, 0.2) is 5.78 Å². The van der Waals surface area contributed by atoms with Crippen LogP contribution in [0.15, 0.2) is 30.3 Å². The first-order valence-corrected chi connectivity index (χ1v) is 8.45. The van der Waals surface area contributed by atoms with Gasteiger partial charge < -0.3 is 14.8 Å². The lowest BCUT2D eigenvalue weighted by Crippen LogP contribution is -2.36. The molecule has 1 aromatic carbocycles. The number of amides is 1. The van der Waals surface area contributed by atoms with Crippen LogP contribution in [-0.4, -0.2) is 37.2 Å². The van der Waals surface area contributed by atoms with E-state index in [1.807, 2.05) is 58.0 Å². The molecule has 0 heterocycles. The quantitative estimate of drug-likeness (QED) is 0.632. The van der Waals surface area contributed by atoms with Crippen LogP contribution in [0.25, 0.3) is 0 Å². The third kappa shape index (κ3) is 8.79. The lowest BCUT2D eigenvalue weighted by atomic mass is 9.93. The van der Waals surface area contributed by atoms with Gasteiger partial charge in [0.1, 0.15) is 13.3 Å². The van der Waals surface area contributed by atoms with E-state index in [1.54, 1.807) is 0 Å². The minimum absolute atomic E-state index is 0.00482. The van der Waals surface area contributed by atoms with Crippen LogP contribution in [0.2, 0.25) is 0 Å². The van der Waals surface area contributed by atoms with E-state index in [9.17, 15) is 9.59 Å². The standard InChI is InChI=1S/C19H29NO4/c1-14(2)23-12-18(21)11-17(10-16-8-6-5-7-9-16)19(22)20-13-24-15(3)4/h5-9,14-15,17H,10-13H2,1-4H3,(H,20,22)/t17-/m1/s1. The van der Waals surface area contributed by atoms with Crippen LogP contribution in [0.3, 0.4) is 0 Å². The molecule has 0 spiro atoms. The van der Waals surface area contributed by atoms with Gasteiger partial charge in [0.05, 0.1) is 12.2 Å². The molecule has 0 radical (unpaired) electrons. The van der Waals surface area contributed by atoms with E-state index < -0.39 is 5.92 Å². The molecule has 0 aromatic heterocycles. The highest BCUT2D eigenvalue weighted by atomic mass is 16.5. The highest BCUT2D eigenvalue weighted by molar-refractivity contribution is 5.87. The number of carbonyl (C=O) groups is 2. The molecule has 1 aromatic rings.